The third-order valence-electron chi connectivity index (χ3n) is 13.5. The summed E-state index contributed by atoms with van der Waals surface area (Å²) in [5, 5.41) is 10.1. The molecule has 0 unspecified atom stereocenters. The second-order valence-electron chi connectivity index (χ2n) is 16.3. The molecule has 11 aromatic rings. The summed E-state index contributed by atoms with van der Waals surface area (Å²) >= 11 is 0. The second kappa shape index (κ2) is 12.6. The molecule has 278 valence electrons. The lowest BCUT2D eigenvalue weighted by Gasteiger charge is -2.31. The molecule has 0 amide bonds. The van der Waals surface area contributed by atoms with Gasteiger partial charge in [-0.3, -0.25) is 0 Å². The van der Waals surface area contributed by atoms with Gasteiger partial charge in [-0.05, 0) is 135 Å². The topological polar surface area (TPSA) is 3.24 Å². The van der Waals surface area contributed by atoms with E-state index in [9.17, 15) is 0 Å². The monoisotopic (exact) mass is 759 g/mol. The van der Waals surface area contributed by atoms with Crippen LogP contribution in [-0.4, -0.2) is 0 Å². The molecule has 11 aromatic carbocycles. The molecule has 0 saturated heterocycles. The molecule has 0 aromatic heterocycles. The number of fused-ring (bicyclic) bond motifs is 17. The van der Waals surface area contributed by atoms with Gasteiger partial charge in [0, 0.05) is 17.1 Å². The average Bonchev–Trinajstić information content (AvgIpc) is 3.79. The van der Waals surface area contributed by atoms with Gasteiger partial charge in [-0.2, -0.15) is 0 Å². The number of hydrogen-bond donors (Lipinski definition) is 0. The summed E-state index contributed by atoms with van der Waals surface area (Å²) in [6, 6.07) is 83.6. The van der Waals surface area contributed by atoms with Crippen LogP contribution in [0.2, 0.25) is 0 Å². The van der Waals surface area contributed by atoms with E-state index < -0.39 is 0 Å². The van der Waals surface area contributed by atoms with Crippen molar-refractivity contribution in [1.29, 1.82) is 0 Å². The minimum atomic E-state index is -0.383. The Balaban J connectivity index is 1.05. The van der Waals surface area contributed by atoms with Crippen molar-refractivity contribution < 1.29 is 0 Å². The van der Waals surface area contributed by atoms with Crippen LogP contribution in [0, 0.1) is 0 Å². The molecule has 0 radical (unpaired) electrons. The van der Waals surface area contributed by atoms with Crippen LogP contribution >= 0.6 is 0 Å². The normalized spacial score (nSPS) is 13.1. The van der Waals surface area contributed by atoms with Crippen molar-refractivity contribution in [3.63, 3.8) is 0 Å². The summed E-state index contributed by atoms with van der Waals surface area (Å²) in [7, 11) is 0. The first-order valence-electron chi connectivity index (χ1n) is 20.9. The van der Waals surface area contributed by atoms with E-state index in [1.807, 2.05) is 0 Å². The number of anilines is 3. The van der Waals surface area contributed by atoms with Crippen molar-refractivity contribution in [3.8, 4) is 33.4 Å². The maximum atomic E-state index is 2.46. The molecule has 1 nitrogen and oxygen atoms in total. The molecule has 0 saturated carbocycles. The van der Waals surface area contributed by atoms with Crippen molar-refractivity contribution >= 4 is 60.2 Å². The Hall–Kier alpha value is -7.74. The largest absolute Gasteiger partial charge is 0.310 e. The SMILES string of the molecule is c1ccc2c(c1)-c1ccccc1C21c2ccccc2-c2cc(N(c3ccc(-c4cccc5ccccc45)cc3)c3ccc4c5ccccc5c5ccccc5c4c3)ccc21. The highest BCUT2D eigenvalue weighted by molar-refractivity contribution is 6.25. The fraction of sp³-hybridized carbons (Fsp3) is 0.0169. The van der Waals surface area contributed by atoms with E-state index >= 15 is 0 Å². The molecule has 0 atom stereocenters. The molecule has 0 N–H and O–H groups in total. The van der Waals surface area contributed by atoms with Gasteiger partial charge in [-0.25, -0.2) is 0 Å². The third kappa shape index (κ3) is 4.52. The van der Waals surface area contributed by atoms with Crippen LogP contribution in [0.5, 0.6) is 0 Å². The van der Waals surface area contributed by atoms with Gasteiger partial charge < -0.3 is 4.90 Å². The number of rotatable bonds is 4. The first-order chi connectivity index (χ1) is 29.8. The van der Waals surface area contributed by atoms with Gasteiger partial charge in [0.1, 0.15) is 0 Å². The van der Waals surface area contributed by atoms with E-state index in [1.165, 1.54) is 98.7 Å². The molecule has 1 heteroatoms. The Labute approximate surface area is 349 Å². The number of hydrogen-bond acceptors (Lipinski definition) is 1. The molecular formula is C59H37N. The first kappa shape index (κ1) is 33.3. The van der Waals surface area contributed by atoms with E-state index in [1.54, 1.807) is 0 Å². The molecule has 0 aliphatic heterocycles. The van der Waals surface area contributed by atoms with Gasteiger partial charge in [-0.1, -0.05) is 188 Å². The summed E-state index contributed by atoms with van der Waals surface area (Å²) in [6.07, 6.45) is 0. The van der Waals surface area contributed by atoms with E-state index in [2.05, 4.69) is 229 Å². The highest BCUT2D eigenvalue weighted by atomic mass is 15.1. The van der Waals surface area contributed by atoms with Gasteiger partial charge >= 0.3 is 0 Å². The molecule has 0 heterocycles. The molecule has 0 bridgehead atoms. The van der Waals surface area contributed by atoms with Crippen LogP contribution in [0.3, 0.4) is 0 Å². The minimum Gasteiger partial charge on any atom is -0.310 e. The molecule has 2 aliphatic carbocycles. The average molecular weight is 760 g/mol. The van der Waals surface area contributed by atoms with Gasteiger partial charge in [-0.15, -0.1) is 0 Å². The zero-order valence-corrected chi connectivity index (χ0v) is 32.8. The van der Waals surface area contributed by atoms with Gasteiger partial charge in [0.15, 0.2) is 0 Å². The van der Waals surface area contributed by atoms with Crippen LogP contribution in [0.15, 0.2) is 224 Å². The summed E-state index contributed by atoms with van der Waals surface area (Å²) in [6.45, 7) is 0. The van der Waals surface area contributed by atoms with Gasteiger partial charge in [0.2, 0.25) is 0 Å². The van der Waals surface area contributed by atoms with Crippen LogP contribution < -0.4 is 4.90 Å². The van der Waals surface area contributed by atoms with Crippen molar-refractivity contribution in [2.75, 3.05) is 4.90 Å². The van der Waals surface area contributed by atoms with Crippen molar-refractivity contribution in [3.05, 3.63) is 247 Å². The number of benzene rings is 11. The lowest BCUT2D eigenvalue weighted by Crippen LogP contribution is -2.25. The highest BCUT2D eigenvalue weighted by Gasteiger charge is 2.51. The van der Waals surface area contributed by atoms with Crippen molar-refractivity contribution in [2.45, 2.75) is 5.41 Å². The van der Waals surface area contributed by atoms with Crippen molar-refractivity contribution in [1.82, 2.24) is 0 Å². The summed E-state index contributed by atoms with van der Waals surface area (Å²) in [5.74, 6) is 0. The lowest BCUT2D eigenvalue weighted by atomic mass is 9.70. The van der Waals surface area contributed by atoms with Crippen LogP contribution in [0.4, 0.5) is 17.1 Å². The fourth-order valence-corrected chi connectivity index (χ4v) is 11.0. The molecule has 60 heavy (non-hydrogen) atoms. The molecular weight excluding hydrogens is 723 g/mol. The maximum Gasteiger partial charge on any atom is 0.0725 e. The quantitative estimate of drug-likeness (QED) is 0.162. The summed E-state index contributed by atoms with van der Waals surface area (Å²) in [5.41, 5.74) is 16.1. The molecule has 0 fully saturated rings. The Morgan fingerprint density at radius 1 is 0.250 bits per heavy atom. The summed E-state index contributed by atoms with van der Waals surface area (Å²) < 4.78 is 0. The zero-order chi connectivity index (χ0) is 39.4. The molecule has 13 rings (SSSR count). The Kier molecular flexibility index (Phi) is 7.00. The summed E-state index contributed by atoms with van der Waals surface area (Å²) in [4.78, 5) is 2.46. The van der Waals surface area contributed by atoms with E-state index in [0.29, 0.717) is 0 Å². The Morgan fingerprint density at radius 3 is 1.30 bits per heavy atom. The van der Waals surface area contributed by atoms with Crippen molar-refractivity contribution in [2.24, 2.45) is 0 Å². The van der Waals surface area contributed by atoms with E-state index in [-0.39, 0.29) is 5.41 Å². The lowest BCUT2D eigenvalue weighted by molar-refractivity contribution is 0.794. The number of nitrogens with zero attached hydrogens (tertiary/aromatic N) is 1. The predicted octanol–water partition coefficient (Wildman–Crippen LogP) is 15.8. The van der Waals surface area contributed by atoms with Crippen LogP contribution in [-0.2, 0) is 5.41 Å². The minimum absolute atomic E-state index is 0.383. The highest BCUT2D eigenvalue weighted by Crippen LogP contribution is 2.63. The maximum absolute atomic E-state index is 2.46. The Bertz CT molecular complexity index is 3470. The predicted molar refractivity (Wildman–Crippen MR) is 253 cm³/mol. The molecule has 2 aliphatic rings. The van der Waals surface area contributed by atoms with E-state index in [4.69, 9.17) is 0 Å². The smallest absolute Gasteiger partial charge is 0.0725 e. The van der Waals surface area contributed by atoms with Gasteiger partial charge in [0.05, 0.1) is 5.41 Å². The second-order valence-corrected chi connectivity index (χ2v) is 16.3. The Morgan fingerprint density at radius 2 is 0.667 bits per heavy atom. The third-order valence-corrected chi connectivity index (χ3v) is 13.5. The zero-order valence-electron chi connectivity index (χ0n) is 32.8. The van der Waals surface area contributed by atoms with Crippen LogP contribution in [0.25, 0.3) is 76.5 Å². The van der Waals surface area contributed by atoms with E-state index in [0.717, 1.165) is 17.1 Å². The van der Waals surface area contributed by atoms with Crippen LogP contribution in [0.1, 0.15) is 22.3 Å². The standard InChI is InChI=1S/C59H37N/c1-2-16-43-38(14-1)15-13-24-44(43)39-28-30-40(31-29-39)60(41-32-34-49-47-19-4-3-17-45(47)46-18-5-6-20-48(46)53(49)36-41)42-33-35-58-54(37-42)52-23-9-12-27-57(52)59(58)55-25-10-7-21-50(55)51-22-8-11-26-56(51)59/h1-37H. The molecule has 1 spiro atoms. The first-order valence-corrected chi connectivity index (χ1v) is 20.9. The fourth-order valence-electron chi connectivity index (χ4n) is 11.0. The van der Waals surface area contributed by atoms with Gasteiger partial charge in [0.25, 0.3) is 0 Å².